The van der Waals surface area contributed by atoms with Crippen molar-refractivity contribution in [1.29, 1.82) is 0 Å². The van der Waals surface area contributed by atoms with Gasteiger partial charge in [0, 0.05) is 13.0 Å². The molecule has 4 heteroatoms. The standard InChI is InChI=1S/C20H40O3Si/c1-9-17(22-6)18(21)15(2)19(16-13-11-10-12-14-16)23-24(7,8)20(3,4)5/h9,15-19,21H,1,10-14H2,2-8H3/t15-,17+,18-,19-/m0/s1. The molecular formula is C20H40O3Si. The summed E-state index contributed by atoms with van der Waals surface area (Å²) < 4.78 is 12.3. The van der Waals surface area contributed by atoms with Gasteiger partial charge in [-0.15, -0.1) is 6.58 Å². The second kappa shape index (κ2) is 8.97. The van der Waals surface area contributed by atoms with Gasteiger partial charge < -0.3 is 14.3 Å². The van der Waals surface area contributed by atoms with Crippen LogP contribution in [0.5, 0.6) is 0 Å². The molecule has 0 bridgehead atoms. The lowest BCUT2D eigenvalue weighted by Gasteiger charge is -2.45. The van der Waals surface area contributed by atoms with Crippen LogP contribution in [0, 0.1) is 11.8 Å². The summed E-state index contributed by atoms with van der Waals surface area (Å²) in [5.41, 5.74) is 0. The normalized spacial score (nSPS) is 22.7. The molecule has 142 valence electrons. The Kier molecular flexibility index (Phi) is 8.18. The Balaban J connectivity index is 3.02. The van der Waals surface area contributed by atoms with Crippen LogP contribution in [0.4, 0.5) is 0 Å². The highest BCUT2D eigenvalue weighted by atomic mass is 28.4. The van der Waals surface area contributed by atoms with Crippen LogP contribution in [0.15, 0.2) is 12.7 Å². The highest BCUT2D eigenvalue weighted by Gasteiger charge is 2.44. The highest BCUT2D eigenvalue weighted by Crippen LogP contribution is 2.42. The first-order valence-corrected chi connectivity index (χ1v) is 12.5. The third kappa shape index (κ3) is 5.42. The van der Waals surface area contributed by atoms with Gasteiger partial charge >= 0.3 is 0 Å². The predicted molar refractivity (Wildman–Crippen MR) is 105 cm³/mol. The summed E-state index contributed by atoms with van der Waals surface area (Å²) in [5, 5.41) is 11.0. The van der Waals surface area contributed by atoms with Gasteiger partial charge in [-0.3, -0.25) is 0 Å². The molecule has 0 amide bonds. The Hall–Kier alpha value is -0.163. The SMILES string of the molecule is C=C[C@@H](OC)[C@@H](O)[C@H](C)[C@H](O[Si](C)(C)C(C)(C)C)C1CCCCC1. The summed E-state index contributed by atoms with van der Waals surface area (Å²) in [6.45, 7) is 17.4. The minimum Gasteiger partial charge on any atom is -0.413 e. The van der Waals surface area contributed by atoms with E-state index in [1.54, 1.807) is 13.2 Å². The molecule has 0 saturated heterocycles. The molecule has 1 fully saturated rings. The smallest absolute Gasteiger partial charge is 0.192 e. The van der Waals surface area contributed by atoms with Gasteiger partial charge in [0.1, 0.15) is 6.10 Å². The fourth-order valence-electron chi connectivity index (χ4n) is 3.48. The van der Waals surface area contributed by atoms with Gasteiger partial charge in [-0.05, 0) is 36.9 Å². The minimum absolute atomic E-state index is 0.0326. The molecule has 1 aliphatic carbocycles. The van der Waals surface area contributed by atoms with Crippen molar-refractivity contribution in [3.05, 3.63) is 12.7 Å². The molecule has 0 aromatic rings. The zero-order valence-electron chi connectivity index (χ0n) is 17.0. The predicted octanol–water partition coefficient (Wildman–Crippen LogP) is 5.16. The van der Waals surface area contributed by atoms with Crippen molar-refractivity contribution < 1.29 is 14.3 Å². The molecule has 0 spiro atoms. The maximum atomic E-state index is 10.8. The van der Waals surface area contributed by atoms with Crippen LogP contribution >= 0.6 is 0 Å². The van der Waals surface area contributed by atoms with Crippen molar-refractivity contribution in [2.24, 2.45) is 11.8 Å². The van der Waals surface area contributed by atoms with Gasteiger partial charge in [-0.25, -0.2) is 0 Å². The third-order valence-electron chi connectivity index (χ3n) is 6.25. The average Bonchev–Trinajstić information content (AvgIpc) is 2.52. The number of aliphatic hydroxyl groups is 1. The molecule has 3 nitrogen and oxygen atoms in total. The second-order valence-corrected chi connectivity index (χ2v) is 13.8. The quantitative estimate of drug-likeness (QED) is 0.482. The maximum Gasteiger partial charge on any atom is 0.192 e. The van der Waals surface area contributed by atoms with Crippen molar-refractivity contribution in [1.82, 2.24) is 0 Å². The van der Waals surface area contributed by atoms with Gasteiger partial charge in [0.15, 0.2) is 8.32 Å². The lowest BCUT2D eigenvalue weighted by atomic mass is 9.78. The molecule has 0 radical (unpaired) electrons. The first-order valence-electron chi connectivity index (χ1n) is 9.56. The number of aliphatic hydroxyl groups excluding tert-OH is 1. The number of rotatable bonds is 8. The van der Waals surface area contributed by atoms with E-state index in [4.69, 9.17) is 9.16 Å². The van der Waals surface area contributed by atoms with E-state index in [1.807, 2.05) is 0 Å². The fraction of sp³-hybridized carbons (Fsp3) is 0.900. The molecule has 0 aromatic heterocycles. The first kappa shape index (κ1) is 21.9. The molecular weight excluding hydrogens is 316 g/mol. The number of hydrogen-bond acceptors (Lipinski definition) is 3. The molecule has 1 N–H and O–H groups in total. The summed E-state index contributed by atoms with van der Waals surface area (Å²) in [6, 6.07) is 0. The van der Waals surface area contributed by atoms with Crippen molar-refractivity contribution in [2.75, 3.05) is 7.11 Å². The number of methoxy groups -OCH3 is 1. The van der Waals surface area contributed by atoms with Crippen molar-refractivity contribution in [3.63, 3.8) is 0 Å². The van der Waals surface area contributed by atoms with E-state index in [-0.39, 0.29) is 23.2 Å². The summed E-state index contributed by atoms with van der Waals surface area (Å²) in [4.78, 5) is 0. The Morgan fingerprint density at radius 1 is 1.17 bits per heavy atom. The van der Waals surface area contributed by atoms with Crippen LogP contribution in [-0.4, -0.2) is 38.8 Å². The molecule has 0 aromatic carbocycles. The molecule has 4 atom stereocenters. The van der Waals surface area contributed by atoms with Gasteiger partial charge in [0.25, 0.3) is 0 Å². The Morgan fingerprint density at radius 3 is 2.12 bits per heavy atom. The maximum absolute atomic E-state index is 10.8. The minimum atomic E-state index is -1.89. The number of hydrogen-bond donors (Lipinski definition) is 1. The van der Waals surface area contributed by atoms with Gasteiger partial charge in [0.05, 0.1) is 12.2 Å². The van der Waals surface area contributed by atoms with Crippen LogP contribution in [-0.2, 0) is 9.16 Å². The van der Waals surface area contributed by atoms with Crippen LogP contribution in [0.1, 0.15) is 59.8 Å². The number of ether oxygens (including phenoxy) is 1. The molecule has 1 rings (SSSR count). The summed E-state index contributed by atoms with van der Waals surface area (Å²) in [7, 11) is -0.262. The Bertz CT molecular complexity index is 383. The van der Waals surface area contributed by atoms with Gasteiger partial charge in [-0.1, -0.05) is 53.0 Å². The monoisotopic (exact) mass is 356 g/mol. The van der Waals surface area contributed by atoms with E-state index in [1.165, 1.54) is 32.1 Å². The third-order valence-corrected chi connectivity index (χ3v) is 10.7. The van der Waals surface area contributed by atoms with Crippen molar-refractivity contribution in [2.45, 2.75) is 96.2 Å². The fourth-order valence-corrected chi connectivity index (χ4v) is 4.92. The highest BCUT2D eigenvalue weighted by molar-refractivity contribution is 6.74. The summed E-state index contributed by atoms with van der Waals surface area (Å²) in [6.07, 6.45) is 7.18. The topological polar surface area (TPSA) is 38.7 Å². The van der Waals surface area contributed by atoms with Crippen molar-refractivity contribution >= 4 is 8.32 Å². The lowest BCUT2D eigenvalue weighted by molar-refractivity contribution is -0.0632. The molecule has 0 aliphatic heterocycles. The average molecular weight is 357 g/mol. The van der Waals surface area contributed by atoms with Crippen LogP contribution in [0.2, 0.25) is 18.1 Å². The molecule has 0 unspecified atom stereocenters. The van der Waals surface area contributed by atoms with E-state index in [0.29, 0.717) is 5.92 Å². The first-order chi connectivity index (χ1) is 11.0. The zero-order valence-corrected chi connectivity index (χ0v) is 18.0. The zero-order chi connectivity index (χ0) is 18.5. The van der Waals surface area contributed by atoms with Crippen LogP contribution < -0.4 is 0 Å². The molecule has 0 heterocycles. The van der Waals surface area contributed by atoms with E-state index < -0.39 is 14.4 Å². The second-order valence-electron chi connectivity index (χ2n) is 9.03. The molecule has 24 heavy (non-hydrogen) atoms. The van der Waals surface area contributed by atoms with Gasteiger partial charge in [0.2, 0.25) is 0 Å². The van der Waals surface area contributed by atoms with Crippen LogP contribution in [0.3, 0.4) is 0 Å². The lowest BCUT2D eigenvalue weighted by Crippen LogP contribution is -2.51. The van der Waals surface area contributed by atoms with Crippen molar-refractivity contribution in [3.8, 4) is 0 Å². The summed E-state index contributed by atoms with van der Waals surface area (Å²) >= 11 is 0. The molecule has 1 aliphatic rings. The van der Waals surface area contributed by atoms with E-state index in [9.17, 15) is 5.11 Å². The Morgan fingerprint density at radius 2 is 1.71 bits per heavy atom. The molecule has 1 saturated carbocycles. The van der Waals surface area contributed by atoms with Crippen LogP contribution in [0.25, 0.3) is 0 Å². The van der Waals surface area contributed by atoms with E-state index in [0.717, 1.165) is 0 Å². The Labute approximate surface area is 151 Å². The summed E-state index contributed by atoms with van der Waals surface area (Å²) in [5.74, 6) is 0.574. The van der Waals surface area contributed by atoms with E-state index in [2.05, 4.69) is 47.4 Å². The van der Waals surface area contributed by atoms with E-state index >= 15 is 0 Å². The van der Waals surface area contributed by atoms with Gasteiger partial charge in [-0.2, -0.15) is 0 Å². The largest absolute Gasteiger partial charge is 0.413 e.